The number of anilines is 1. The van der Waals surface area contributed by atoms with Gasteiger partial charge in [0.05, 0.1) is 0 Å². The monoisotopic (exact) mass is 178 g/mol. The Labute approximate surface area is 77.8 Å². The Morgan fingerprint density at radius 1 is 1.38 bits per heavy atom. The van der Waals surface area contributed by atoms with Gasteiger partial charge < -0.3 is 10.6 Å². The molecular formula is C9H14N4. The van der Waals surface area contributed by atoms with E-state index in [1.807, 2.05) is 6.07 Å². The zero-order valence-corrected chi connectivity index (χ0v) is 7.72. The van der Waals surface area contributed by atoms with Gasteiger partial charge in [-0.25, -0.2) is 9.97 Å². The lowest BCUT2D eigenvalue weighted by Gasteiger charge is -2.14. The molecule has 4 nitrogen and oxygen atoms in total. The first-order valence-electron chi connectivity index (χ1n) is 4.55. The van der Waals surface area contributed by atoms with Gasteiger partial charge in [-0.15, -0.1) is 0 Å². The highest BCUT2D eigenvalue weighted by molar-refractivity contribution is 5.31. The molecule has 0 amide bonds. The van der Waals surface area contributed by atoms with E-state index in [2.05, 4.69) is 21.8 Å². The molecule has 2 atom stereocenters. The molecule has 1 aromatic heterocycles. The molecule has 70 valence electrons. The minimum atomic E-state index is 0.254. The molecule has 2 heterocycles. The molecule has 0 radical (unpaired) electrons. The van der Waals surface area contributed by atoms with Crippen LogP contribution >= 0.6 is 0 Å². The third kappa shape index (κ3) is 1.62. The maximum Gasteiger partial charge on any atom is 0.225 e. The third-order valence-electron chi connectivity index (χ3n) is 2.51. The van der Waals surface area contributed by atoms with Crippen molar-refractivity contribution in [1.82, 2.24) is 9.97 Å². The van der Waals surface area contributed by atoms with Crippen molar-refractivity contribution in [2.24, 2.45) is 11.7 Å². The number of hydrogen-bond acceptors (Lipinski definition) is 4. The van der Waals surface area contributed by atoms with Crippen molar-refractivity contribution in [3.63, 3.8) is 0 Å². The van der Waals surface area contributed by atoms with E-state index in [0.29, 0.717) is 5.92 Å². The summed E-state index contributed by atoms with van der Waals surface area (Å²) in [6, 6.07) is 2.08. The van der Waals surface area contributed by atoms with Gasteiger partial charge >= 0.3 is 0 Å². The van der Waals surface area contributed by atoms with E-state index in [1.54, 1.807) is 12.4 Å². The molecule has 0 aromatic carbocycles. The van der Waals surface area contributed by atoms with E-state index in [9.17, 15) is 0 Å². The predicted molar refractivity (Wildman–Crippen MR) is 51.4 cm³/mol. The topological polar surface area (TPSA) is 55.0 Å². The molecule has 1 aromatic rings. The molecule has 2 N–H and O–H groups in total. The molecule has 0 aliphatic carbocycles. The van der Waals surface area contributed by atoms with Gasteiger partial charge in [0.15, 0.2) is 0 Å². The van der Waals surface area contributed by atoms with E-state index in [4.69, 9.17) is 5.73 Å². The number of rotatable bonds is 1. The molecule has 13 heavy (non-hydrogen) atoms. The minimum Gasteiger partial charge on any atom is -0.339 e. The van der Waals surface area contributed by atoms with Crippen LogP contribution in [0.5, 0.6) is 0 Å². The first-order valence-corrected chi connectivity index (χ1v) is 4.55. The maximum atomic E-state index is 5.91. The Bertz CT molecular complexity index is 264. The second kappa shape index (κ2) is 3.30. The molecule has 2 rings (SSSR count). The van der Waals surface area contributed by atoms with E-state index >= 15 is 0 Å². The zero-order chi connectivity index (χ0) is 9.26. The summed E-state index contributed by atoms with van der Waals surface area (Å²) < 4.78 is 0. The molecule has 0 bridgehead atoms. The SMILES string of the molecule is CC1CN(c2ncccn2)CC1N. The average molecular weight is 178 g/mol. The number of aromatic nitrogens is 2. The van der Waals surface area contributed by atoms with Crippen LogP contribution in [0.2, 0.25) is 0 Å². The van der Waals surface area contributed by atoms with Gasteiger partial charge in [0.1, 0.15) is 0 Å². The smallest absolute Gasteiger partial charge is 0.225 e. The summed E-state index contributed by atoms with van der Waals surface area (Å²) in [6.07, 6.45) is 3.52. The predicted octanol–water partition coefficient (Wildman–Crippen LogP) is 0.260. The molecule has 2 unspecified atom stereocenters. The van der Waals surface area contributed by atoms with Gasteiger partial charge in [-0.1, -0.05) is 6.92 Å². The average Bonchev–Trinajstić information content (AvgIpc) is 2.49. The van der Waals surface area contributed by atoms with Crippen LogP contribution in [0, 0.1) is 5.92 Å². The minimum absolute atomic E-state index is 0.254. The molecule has 1 aliphatic heterocycles. The van der Waals surface area contributed by atoms with Gasteiger partial charge in [0.25, 0.3) is 0 Å². The van der Waals surface area contributed by atoms with Crippen molar-refractivity contribution in [2.45, 2.75) is 13.0 Å². The van der Waals surface area contributed by atoms with Crippen molar-refractivity contribution < 1.29 is 0 Å². The van der Waals surface area contributed by atoms with Crippen molar-refractivity contribution in [3.05, 3.63) is 18.5 Å². The number of nitrogens with two attached hydrogens (primary N) is 1. The van der Waals surface area contributed by atoms with Gasteiger partial charge in [0.2, 0.25) is 5.95 Å². The molecule has 0 spiro atoms. The third-order valence-corrected chi connectivity index (χ3v) is 2.51. The quantitative estimate of drug-likeness (QED) is 0.670. The van der Waals surface area contributed by atoms with Crippen LogP contribution in [-0.4, -0.2) is 29.1 Å². The van der Waals surface area contributed by atoms with Gasteiger partial charge in [-0.3, -0.25) is 0 Å². The van der Waals surface area contributed by atoms with Crippen LogP contribution in [0.4, 0.5) is 5.95 Å². The maximum absolute atomic E-state index is 5.91. The van der Waals surface area contributed by atoms with Crippen molar-refractivity contribution in [3.8, 4) is 0 Å². The second-order valence-corrected chi connectivity index (χ2v) is 3.59. The molecule has 1 fully saturated rings. The van der Waals surface area contributed by atoms with E-state index < -0.39 is 0 Å². The largest absolute Gasteiger partial charge is 0.339 e. The summed E-state index contributed by atoms with van der Waals surface area (Å²) >= 11 is 0. The lowest BCUT2D eigenvalue weighted by atomic mass is 10.1. The number of hydrogen-bond donors (Lipinski definition) is 1. The van der Waals surface area contributed by atoms with Gasteiger partial charge in [0, 0.05) is 31.5 Å². The first kappa shape index (κ1) is 8.44. The van der Waals surface area contributed by atoms with Crippen LogP contribution in [0.1, 0.15) is 6.92 Å². The zero-order valence-electron chi connectivity index (χ0n) is 7.72. The lowest BCUT2D eigenvalue weighted by Crippen LogP contribution is -2.29. The highest BCUT2D eigenvalue weighted by Crippen LogP contribution is 2.18. The lowest BCUT2D eigenvalue weighted by molar-refractivity contribution is 0.566. The Kier molecular flexibility index (Phi) is 2.14. The molecule has 1 saturated heterocycles. The summed E-state index contributed by atoms with van der Waals surface area (Å²) in [6.45, 7) is 3.99. The Morgan fingerprint density at radius 2 is 2.08 bits per heavy atom. The van der Waals surface area contributed by atoms with Crippen LogP contribution in [0.15, 0.2) is 18.5 Å². The fraction of sp³-hybridized carbons (Fsp3) is 0.556. The van der Waals surface area contributed by atoms with Crippen molar-refractivity contribution in [2.75, 3.05) is 18.0 Å². The van der Waals surface area contributed by atoms with E-state index in [0.717, 1.165) is 19.0 Å². The van der Waals surface area contributed by atoms with E-state index in [-0.39, 0.29) is 6.04 Å². The van der Waals surface area contributed by atoms with Crippen LogP contribution < -0.4 is 10.6 Å². The Hall–Kier alpha value is -1.16. The van der Waals surface area contributed by atoms with Crippen molar-refractivity contribution in [1.29, 1.82) is 0 Å². The summed E-state index contributed by atoms with van der Waals surface area (Å²) in [5, 5.41) is 0. The second-order valence-electron chi connectivity index (χ2n) is 3.59. The van der Waals surface area contributed by atoms with E-state index in [1.165, 1.54) is 0 Å². The van der Waals surface area contributed by atoms with Crippen LogP contribution in [0.3, 0.4) is 0 Å². The number of nitrogens with zero attached hydrogens (tertiary/aromatic N) is 3. The summed E-state index contributed by atoms with van der Waals surface area (Å²) in [5.74, 6) is 1.33. The summed E-state index contributed by atoms with van der Waals surface area (Å²) in [7, 11) is 0. The summed E-state index contributed by atoms with van der Waals surface area (Å²) in [5.41, 5.74) is 5.91. The van der Waals surface area contributed by atoms with Gasteiger partial charge in [-0.05, 0) is 12.0 Å². The van der Waals surface area contributed by atoms with Crippen LogP contribution in [0.25, 0.3) is 0 Å². The van der Waals surface area contributed by atoms with Crippen molar-refractivity contribution >= 4 is 5.95 Å². The van der Waals surface area contributed by atoms with Gasteiger partial charge in [-0.2, -0.15) is 0 Å². The highest BCUT2D eigenvalue weighted by atomic mass is 15.3. The van der Waals surface area contributed by atoms with Crippen LogP contribution in [-0.2, 0) is 0 Å². The fourth-order valence-electron chi connectivity index (χ4n) is 1.61. The first-order chi connectivity index (χ1) is 6.27. The summed E-state index contributed by atoms with van der Waals surface area (Å²) in [4.78, 5) is 10.5. The Balaban J connectivity index is 2.12. The molecule has 0 saturated carbocycles. The standard InChI is InChI=1S/C9H14N4/c1-7-5-13(6-8(7)10)9-11-3-2-4-12-9/h2-4,7-8H,5-6,10H2,1H3. The highest BCUT2D eigenvalue weighted by Gasteiger charge is 2.27. The Morgan fingerprint density at radius 3 is 2.62 bits per heavy atom. The fourth-order valence-corrected chi connectivity index (χ4v) is 1.61. The molecule has 1 aliphatic rings. The molecular weight excluding hydrogens is 164 g/mol. The normalized spacial score (nSPS) is 28.0. The molecule has 4 heteroatoms.